The molecule has 0 bridgehead atoms. The molecule has 6 rings (SSSR count). The molecule has 3 aliphatic heterocycles. The Labute approximate surface area is 191 Å². The second kappa shape index (κ2) is 6.76. The van der Waals surface area contributed by atoms with E-state index in [1.807, 2.05) is 6.07 Å². The number of fused-ring (bicyclic) bond motifs is 5. The van der Waals surface area contributed by atoms with Gasteiger partial charge in [0.25, 0.3) is 0 Å². The zero-order valence-electron chi connectivity index (χ0n) is 17.3. The molecule has 168 valence electrons. The third-order valence-electron chi connectivity index (χ3n) is 6.16. The highest BCUT2D eigenvalue weighted by atomic mass is 16.7. The van der Waals surface area contributed by atoms with Crippen molar-refractivity contribution >= 4 is 17.6 Å². The van der Waals surface area contributed by atoms with Gasteiger partial charge in [0.15, 0.2) is 11.5 Å². The van der Waals surface area contributed by atoms with Gasteiger partial charge >= 0.3 is 0 Å². The van der Waals surface area contributed by atoms with Gasteiger partial charge in [-0.15, -0.1) is 5.10 Å². The zero-order chi connectivity index (χ0) is 23.6. The van der Waals surface area contributed by atoms with Crippen LogP contribution >= 0.6 is 0 Å². The van der Waals surface area contributed by atoms with E-state index in [1.54, 1.807) is 42.5 Å². The summed E-state index contributed by atoms with van der Waals surface area (Å²) >= 11 is 0. The van der Waals surface area contributed by atoms with Crippen LogP contribution in [0.4, 0.5) is 5.69 Å². The summed E-state index contributed by atoms with van der Waals surface area (Å²) in [4.78, 5) is 26.7. The number of nitriles is 1. The third-order valence-corrected chi connectivity index (χ3v) is 6.16. The molecular weight excluding hydrogens is 442 g/mol. The zero-order valence-corrected chi connectivity index (χ0v) is 17.3. The molecule has 0 fully saturated rings. The van der Waals surface area contributed by atoms with Crippen molar-refractivity contribution in [3.8, 4) is 34.7 Å². The Balaban J connectivity index is 1.67. The summed E-state index contributed by atoms with van der Waals surface area (Å²) in [5, 5.41) is 28.7. The second-order valence-electron chi connectivity index (χ2n) is 7.83. The first kappa shape index (κ1) is 19.7. The fourth-order valence-corrected chi connectivity index (χ4v) is 4.83. The van der Waals surface area contributed by atoms with E-state index in [2.05, 4.69) is 10.2 Å². The lowest BCUT2D eigenvalue weighted by molar-refractivity contribution is -0.303. The van der Waals surface area contributed by atoms with E-state index in [1.165, 1.54) is 0 Å². The fraction of sp³-hybridized carbons (Fsp3) is 0.130. The molecule has 3 aromatic rings. The number of anilines is 1. The van der Waals surface area contributed by atoms with Crippen LogP contribution in [-0.4, -0.2) is 35.4 Å². The van der Waals surface area contributed by atoms with Crippen LogP contribution < -0.4 is 30.0 Å². The highest BCUT2D eigenvalue weighted by Crippen LogP contribution is 2.57. The lowest BCUT2D eigenvalue weighted by Gasteiger charge is -2.33. The summed E-state index contributed by atoms with van der Waals surface area (Å²) in [6, 6.07) is 13.8. The maximum Gasteiger partial charge on any atom is 0.248 e. The SMILES string of the molecule is N#CC1=C(N)Oc2n[nH]c(-c3ccc4c(c3)OCO4)c2[C@]12C(=O)N(CC(=O)[O-])c1ccccc12. The monoisotopic (exact) mass is 456 g/mol. The predicted octanol–water partition coefficient (Wildman–Crippen LogP) is 0.274. The molecule has 3 aliphatic rings. The fourth-order valence-electron chi connectivity index (χ4n) is 4.83. The van der Waals surface area contributed by atoms with Crippen LogP contribution in [0.1, 0.15) is 11.1 Å². The van der Waals surface area contributed by atoms with Gasteiger partial charge in [0, 0.05) is 16.8 Å². The van der Waals surface area contributed by atoms with E-state index in [-0.39, 0.29) is 29.7 Å². The van der Waals surface area contributed by atoms with Crippen molar-refractivity contribution in [2.75, 3.05) is 18.2 Å². The molecule has 0 radical (unpaired) electrons. The van der Waals surface area contributed by atoms with Gasteiger partial charge in [0.1, 0.15) is 17.1 Å². The van der Waals surface area contributed by atoms with Crippen molar-refractivity contribution in [2.45, 2.75) is 5.41 Å². The lowest BCUT2D eigenvalue weighted by Crippen LogP contribution is -2.48. The number of aromatic nitrogens is 2. The van der Waals surface area contributed by atoms with Gasteiger partial charge in [0.2, 0.25) is 24.5 Å². The molecule has 0 aliphatic carbocycles. The number of hydrogen-bond acceptors (Lipinski definition) is 9. The number of carbonyl (C=O) groups excluding carboxylic acids is 2. The maximum atomic E-state index is 14.1. The number of para-hydroxylation sites is 1. The average molecular weight is 456 g/mol. The van der Waals surface area contributed by atoms with Crippen LogP contribution in [0.3, 0.4) is 0 Å². The predicted molar refractivity (Wildman–Crippen MR) is 112 cm³/mol. The van der Waals surface area contributed by atoms with Gasteiger partial charge in [0.05, 0.1) is 23.8 Å². The molecular formula is C23H14N5O6-. The molecule has 11 heteroatoms. The van der Waals surface area contributed by atoms with E-state index in [9.17, 15) is 20.0 Å². The quantitative estimate of drug-likeness (QED) is 0.562. The van der Waals surface area contributed by atoms with Crippen LogP contribution in [0.5, 0.6) is 17.4 Å². The van der Waals surface area contributed by atoms with Crippen molar-refractivity contribution < 1.29 is 28.9 Å². The number of nitrogens with one attached hydrogen (secondary N) is 1. The lowest BCUT2D eigenvalue weighted by atomic mass is 9.68. The van der Waals surface area contributed by atoms with Gasteiger partial charge in [-0.25, -0.2) is 0 Å². The van der Waals surface area contributed by atoms with Gasteiger partial charge in [-0.05, 0) is 24.3 Å². The van der Waals surface area contributed by atoms with Crippen LogP contribution in [0.15, 0.2) is 53.9 Å². The minimum absolute atomic E-state index is 0.00243. The molecule has 34 heavy (non-hydrogen) atoms. The molecule has 2 aromatic carbocycles. The van der Waals surface area contributed by atoms with Crippen molar-refractivity contribution in [2.24, 2.45) is 5.73 Å². The van der Waals surface area contributed by atoms with Crippen molar-refractivity contribution in [3.63, 3.8) is 0 Å². The summed E-state index contributed by atoms with van der Waals surface area (Å²) in [6.07, 6.45) is 0. The van der Waals surface area contributed by atoms with E-state index in [0.29, 0.717) is 34.0 Å². The normalized spacial score (nSPS) is 19.6. The minimum Gasteiger partial charge on any atom is -0.548 e. The molecule has 0 saturated carbocycles. The summed E-state index contributed by atoms with van der Waals surface area (Å²) in [6.45, 7) is -0.627. The van der Waals surface area contributed by atoms with Crippen molar-refractivity contribution in [3.05, 3.63) is 65.0 Å². The number of nitrogens with two attached hydrogens (primary N) is 1. The molecule has 4 heterocycles. The maximum absolute atomic E-state index is 14.1. The number of nitrogens with zero attached hydrogens (tertiary/aromatic N) is 3. The van der Waals surface area contributed by atoms with Crippen molar-refractivity contribution in [1.82, 2.24) is 10.2 Å². The number of carboxylic acids is 1. The van der Waals surface area contributed by atoms with Gasteiger partial charge in [-0.2, -0.15) is 5.26 Å². The summed E-state index contributed by atoms with van der Waals surface area (Å²) < 4.78 is 16.5. The van der Waals surface area contributed by atoms with Crippen LogP contribution in [0, 0.1) is 11.3 Å². The van der Waals surface area contributed by atoms with Gasteiger partial charge < -0.3 is 34.7 Å². The highest BCUT2D eigenvalue weighted by Gasteiger charge is 2.61. The first-order chi connectivity index (χ1) is 16.5. The Morgan fingerprint density at radius 3 is 2.85 bits per heavy atom. The molecule has 11 nitrogen and oxygen atoms in total. The smallest absolute Gasteiger partial charge is 0.248 e. The van der Waals surface area contributed by atoms with E-state index in [0.717, 1.165) is 4.90 Å². The topological polar surface area (TPSA) is 167 Å². The summed E-state index contributed by atoms with van der Waals surface area (Å²) in [7, 11) is 0. The molecule has 0 unspecified atom stereocenters. The molecule has 3 N–H and O–H groups in total. The number of ether oxygens (including phenoxy) is 3. The Kier molecular flexibility index (Phi) is 3.91. The number of aliphatic carboxylic acids is 1. The largest absolute Gasteiger partial charge is 0.548 e. The molecule has 1 aromatic heterocycles. The van der Waals surface area contributed by atoms with Crippen molar-refractivity contribution in [1.29, 1.82) is 5.26 Å². The highest BCUT2D eigenvalue weighted by molar-refractivity contribution is 6.16. The first-order valence-corrected chi connectivity index (χ1v) is 10.1. The second-order valence-corrected chi connectivity index (χ2v) is 7.83. The van der Waals surface area contributed by atoms with Gasteiger partial charge in [-0.1, -0.05) is 18.2 Å². The Morgan fingerprint density at radius 1 is 1.26 bits per heavy atom. The average Bonchev–Trinajstić information content (AvgIpc) is 3.52. The minimum atomic E-state index is -1.78. The Bertz CT molecular complexity index is 1490. The van der Waals surface area contributed by atoms with E-state index >= 15 is 0 Å². The van der Waals surface area contributed by atoms with E-state index < -0.39 is 23.8 Å². The van der Waals surface area contributed by atoms with E-state index in [4.69, 9.17) is 19.9 Å². The molecule has 0 saturated heterocycles. The number of carboxylic acid groups (broad SMARTS) is 1. The van der Waals surface area contributed by atoms with Gasteiger partial charge in [-0.3, -0.25) is 9.89 Å². The number of H-pyrrole nitrogens is 1. The number of benzene rings is 2. The molecule has 1 amide bonds. The number of carbonyl (C=O) groups is 2. The Morgan fingerprint density at radius 2 is 2.06 bits per heavy atom. The number of aromatic amines is 1. The standard InChI is InChI=1S/C23H15N5O6/c24-8-13-20(25)34-21-18(19(26-27-21)11-5-6-15-16(7-11)33-10-32-15)23(13)12-3-1-2-4-14(12)28(22(23)31)9-17(29)30/h1-7H,9-10,25H2,(H,26,27)(H,29,30)/p-1/t23-/m1/s1. The van der Waals surface area contributed by atoms with Crippen LogP contribution in [-0.2, 0) is 15.0 Å². The number of amides is 1. The molecule has 1 atom stereocenters. The number of hydrogen-bond donors (Lipinski definition) is 2. The van der Waals surface area contributed by atoms with Crippen LogP contribution in [0.2, 0.25) is 0 Å². The summed E-state index contributed by atoms with van der Waals surface area (Å²) in [5.74, 6) is -1.36. The van der Waals surface area contributed by atoms with Crippen LogP contribution in [0.25, 0.3) is 11.3 Å². The number of rotatable bonds is 3. The summed E-state index contributed by atoms with van der Waals surface area (Å²) in [5.41, 5.74) is 6.06. The molecule has 1 spiro atoms. The first-order valence-electron chi connectivity index (χ1n) is 10.1. The Hall–Kier alpha value is -4.98. The third kappa shape index (κ3) is 2.36.